The Bertz CT molecular complexity index is 750. The second kappa shape index (κ2) is 11.6. The first-order valence-electron chi connectivity index (χ1n) is 10.4. The van der Waals surface area contributed by atoms with Crippen molar-refractivity contribution in [1.29, 1.82) is 0 Å². The number of benzene rings is 2. The third-order valence-corrected chi connectivity index (χ3v) is 5.30. The number of amides is 1. The molecule has 0 aromatic heterocycles. The number of hydrogen-bond acceptors (Lipinski definition) is 4. The van der Waals surface area contributed by atoms with Crippen molar-refractivity contribution in [3.05, 3.63) is 59.2 Å². The molecule has 2 aromatic rings. The van der Waals surface area contributed by atoms with Crippen LogP contribution in [0.1, 0.15) is 30.5 Å². The highest BCUT2D eigenvalue weighted by Gasteiger charge is 2.14. The molecule has 0 aliphatic heterocycles. The lowest BCUT2D eigenvalue weighted by Gasteiger charge is -2.26. The number of nitrogens with one attached hydrogen (secondary N) is 1. The van der Waals surface area contributed by atoms with Gasteiger partial charge >= 0.3 is 0 Å². The molecule has 0 spiro atoms. The largest absolute Gasteiger partial charge is 0.497 e. The van der Waals surface area contributed by atoms with Crippen LogP contribution in [0.5, 0.6) is 5.75 Å². The van der Waals surface area contributed by atoms with Crippen molar-refractivity contribution in [2.45, 2.75) is 34.2 Å². The van der Waals surface area contributed by atoms with Gasteiger partial charge in [0.25, 0.3) is 0 Å². The Morgan fingerprint density at radius 1 is 0.931 bits per heavy atom. The highest BCUT2D eigenvalue weighted by molar-refractivity contribution is 5.93. The molecular formula is C24H35N3O2. The normalized spacial score (nSPS) is 11.1. The van der Waals surface area contributed by atoms with Crippen LogP contribution >= 0.6 is 0 Å². The molecular weight excluding hydrogens is 362 g/mol. The van der Waals surface area contributed by atoms with Gasteiger partial charge in [-0.25, -0.2) is 0 Å². The molecule has 1 amide bonds. The maximum absolute atomic E-state index is 12.8. The summed E-state index contributed by atoms with van der Waals surface area (Å²) in [5.74, 6) is 0.867. The van der Waals surface area contributed by atoms with Crippen LogP contribution in [0.15, 0.2) is 42.5 Å². The molecule has 158 valence electrons. The van der Waals surface area contributed by atoms with Gasteiger partial charge in [-0.15, -0.1) is 0 Å². The van der Waals surface area contributed by atoms with Crippen molar-refractivity contribution < 1.29 is 9.53 Å². The summed E-state index contributed by atoms with van der Waals surface area (Å²) in [7, 11) is 1.67. The van der Waals surface area contributed by atoms with Gasteiger partial charge in [0.2, 0.25) is 5.91 Å². The third kappa shape index (κ3) is 7.18. The molecule has 0 aliphatic rings. The van der Waals surface area contributed by atoms with Gasteiger partial charge in [-0.1, -0.05) is 44.2 Å². The van der Waals surface area contributed by atoms with E-state index in [1.54, 1.807) is 7.11 Å². The molecule has 0 radical (unpaired) electrons. The van der Waals surface area contributed by atoms with E-state index in [-0.39, 0.29) is 5.91 Å². The predicted molar refractivity (Wildman–Crippen MR) is 121 cm³/mol. The zero-order valence-corrected chi connectivity index (χ0v) is 18.5. The van der Waals surface area contributed by atoms with E-state index >= 15 is 0 Å². The van der Waals surface area contributed by atoms with Gasteiger partial charge in [-0.2, -0.15) is 0 Å². The second-order valence-corrected chi connectivity index (χ2v) is 7.40. The van der Waals surface area contributed by atoms with E-state index in [4.69, 9.17) is 4.74 Å². The molecule has 5 nitrogen and oxygen atoms in total. The van der Waals surface area contributed by atoms with E-state index < -0.39 is 0 Å². The number of ether oxygens (including phenoxy) is 1. The van der Waals surface area contributed by atoms with Crippen molar-refractivity contribution in [3.8, 4) is 5.75 Å². The van der Waals surface area contributed by atoms with Gasteiger partial charge in [0, 0.05) is 25.3 Å². The summed E-state index contributed by atoms with van der Waals surface area (Å²) in [5.41, 5.74) is 4.27. The Labute approximate surface area is 175 Å². The average Bonchev–Trinajstić information content (AvgIpc) is 2.72. The Hall–Kier alpha value is -2.37. The molecule has 5 heteroatoms. The number of rotatable bonds is 11. The van der Waals surface area contributed by atoms with Crippen molar-refractivity contribution >= 4 is 11.6 Å². The fourth-order valence-corrected chi connectivity index (χ4v) is 3.42. The first kappa shape index (κ1) is 22.9. The van der Waals surface area contributed by atoms with E-state index in [0.717, 1.165) is 55.3 Å². The highest BCUT2D eigenvalue weighted by atomic mass is 16.5. The van der Waals surface area contributed by atoms with Crippen molar-refractivity contribution in [2.75, 3.05) is 45.2 Å². The summed E-state index contributed by atoms with van der Waals surface area (Å²) in [5, 5.41) is 3.11. The van der Waals surface area contributed by atoms with E-state index in [1.165, 1.54) is 5.56 Å². The SMILES string of the molecule is CCN(CC)CCN(CC(=O)Nc1c(C)cccc1C)Cc1ccc(OC)cc1. The fourth-order valence-electron chi connectivity index (χ4n) is 3.42. The summed E-state index contributed by atoms with van der Waals surface area (Å²) in [4.78, 5) is 17.4. The molecule has 0 heterocycles. The lowest BCUT2D eigenvalue weighted by molar-refractivity contribution is -0.117. The van der Waals surface area contributed by atoms with Crippen LogP contribution in [0.3, 0.4) is 0 Å². The van der Waals surface area contributed by atoms with Gasteiger partial charge in [0.1, 0.15) is 5.75 Å². The number of hydrogen-bond donors (Lipinski definition) is 1. The average molecular weight is 398 g/mol. The van der Waals surface area contributed by atoms with Crippen LogP contribution in [-0.4, -0.2) is 55.5 Å². The number of aryl methyl sites for hydroxylation is 2. The molecule has 0 aliphatic carbocycles. The van der Waals surface area contributed by atoms with Crippen molar-refractivity contribution in [2.24, 2.45) is 0 Å². The van der Waals surface area contributed by atoms with Crippen LogP contribution in [0.2, 0.25) is 0 Å². The number of methoxy groups -OCH3 is 1. The second-order valence-electron chi connectivity index (χ2n) is 7.40. The Balaban J connectivity index is 2.07. The predicted octanol–water partition coefficient (Wildman–Crippen LogP) is 4.09. The number of carbonyl (C=O) groups is 1. The number of carbonyl (C=O) groups excluding carboxylic acids is 1. The standard InChI is InChI=1S/C24H35N3O2/c1-6-26(7-2)15-16-27(17-21-11-13-22(29-5)14-12-21)18-23(28)25-24-19(3)9-8-10-20(24)4/h8-14H,6-7,15-18H2,1-5H3,(H,25,28). The number of nitrogens with zero attached hydrogens (tertiary/aromatic N) is 2. The monoisotopic (exact) mass is 397 g/mol. The van der Waals surface area contributed by atoms with E-state index in [2.05, 4.69) is 41.1 Å². The Morgan fingerprint density at radius 3 is 2.07 bits per heavy atom. The van der Waals surface area contributed by atoms with Crippen molar-refractivity contribution in [3.63, 3.8) is 0 Å². The molecule has 2 rings (SSSR count). The zero-order valence-electron chi connectivity index (χ0n) is 18.5. The molecule has 2 aromatic carbocycles. The van der Waals surface area contributed by atoms with Gasteiger partial charge in [0.05, 0.1) is 13.7 Å². The first-order valence-corrected chi connectivity index (χ1v) is 10.4. The fraction of sp³-hybridized carbons (Fsp3) is 0.458. The summed E-state index contributed by atoms with van der Waals surface area (Å²) < 4.78 is 5.25. The van der Waals surface area contributed by atoms with Crippen molar-refractivity contribution in [1.82, 2.24) is 9.80 Å². The lowest BCUT2D eigenvalue weighted by Crippen LogP contribution is -2.39. The van der Waals surface area contributed by atoms with Gasteiger partial charge in [-0.3, -0.25) is 9.69 Å². The number of para-hydroxylation sites is 1. The highest BCUT2D eigenvalue weighted by Crippen LogP contribution is 2.19. The van der Waals surface area contributed by atoms with Gasteiger partial charge in [-0.05, 0) is 55.8 Å². The summed E-state index contributed by atoms with van der Waals surface area (Å²) >= 11 is 0. The summed E-state index contributed by atoms with van der Waals surface area (Å²) in [6.07, 6.45) is 0. The topological polar surface area (TPSA) is 44.8 Å². The van der Waals surface area contributed by atoms with Crippen LogP contribution in [-0.2, 0) is 11.3 Å². The quantitative estimate of drug-likeness (QED) is 0.620. The van der Waals surface area contributed by atoms with Gasteiger partial charge in [0.15, 0.2) is 0 Å². The third-order valence-electron chi connectivity index (χ3n) is 5.30. The molecule has 0 unspecified atom stereocenters. The molecule has 0 saturated carbocycles. The zero-order chi connectivity index (χ0) is 21.2. The van der Waals surface area contributed by atoms with Crippen LogP contribution in [0.4, 0.5) is 5.69 Å². The van der Waals surface area contributed by atoms with Crippen LogP contribution in [0, 0.1) is 13.8 Å². The van der Waals surface area contributed by atoms with E-state index in [1.807, 2.05) is 44.2 Å². The molecule has 0 saturated heterocycles. The minimum absolute atomic E-state index is 0.0236. The maximum Gasteiger partial charge on any atom is 0.238 e. The maximum atomic E-state index is 12.8. The first-order chi connectivity index (χ1) is 14.0. The number of anilines is 1. The lowest BCUT2D eigenvalue weighted by atomic mass is 10.1. The van der Waals surface area contributed by atoms with E-state index in [9.17, 15) is 4.79 Å². The van der Waals surface area contributed by atoms with E-state index in [0.29, 0.717) is 6.54 Å². The minimum Gasteiger partial charge on any atom is -0.497 e. The van der Waals surface area contributed by atoms with Crippen LogP contribution < -0.4 is 10.1 Å². The minimum atomic E-state index is 0.0236. The smallest absolute Gasteiger partial charge is 0.238 e. The molecule has 1 N–H and O–H groups in total. The van der Waals surface area contributed by atoms with Gasteiger partial charge < -0.3 is 15.0 Å². The van der Waals surface area contributed by atoms with Crippen LogP contribution in [0.25, 0.3) is 0 Å². The molecule has 0 fully saturated rings. The Kier molecular flexibility index (Phi) is 9.16. The number of likely N-dealkylation sites (N-methyl/N-ethyl adjacent to an activating group) is 1. The Morgan fingerprint density at radius 2 is 1.52 bits per heavy atom. The molecule has 0 bridgehead atoms. The summed E-state index contributed by atoms with van der Waals surface area (Å²) in [6.45, 7) is 13.3. The molecule has 29 heavy (non-hydrogen) atoms. The molecule has 0 atom stereocenters. The summed E-state index contributed by atoms with van der Waals surface area (Å²) in [6, 6.07) is 14.1.